The Bertz CT molecular complexity index is 544. The fourth-order valence-electron chi connectivity index (χ4n) is 1.67. The number of aromatic nitrogens is 1. The molecule has 0 saturated carbocycles. The molecule has 2 aromatic rings. The Labute approximate surface area is 91.3 Å². The van der Waals surface area contributed by atoms with Gasteiger partial charge in [0.1, 0.15) is 0 Å². The molecule has 3 N–H and O–H groups in total. The van der Waals surface area contributed by atoms with E-state index < -0.39 is 5.97 Å². The molecule has 1 aromatic carbocycles. The lowest BCUT2D eigenvalue weighted by molar-refractivity contribution is -0.136. The van der Waals surface area contributed by atoms with Gasteiger partial charge in [0, 0.05) is 23.2 Å². The SMILES string of the molecule is COc1cc2c(CC(=O)O)c[nH]c2cc1O. The van der Waals surface area contributed by atoms with Gasteiger partial charge in [0.15, 0.2) is 11.5 Å². The third kappa shape index (κ3) is 1.67. The zero-order chi connectivity index (χ0) is 11.7. The summed E-state index contributed by atoms with van der Waals surface area (Å²) in [5, 5.41) is 19.0. The lowest BCUT2D eigenvalue weighted by Crippen LogP contribution is -1.98. The highest BCUT2D eigenvalue weighted by Gasteiger charge is 2.11. The molecule has 0 amide bonds. The van der Waals surface area contributed by atoms with Gasteiger partial charge in [0.2, 0.25) is 0 Å². The number of fused-ring (bicyclic) bond motifs is 1. The average Bonchev–Trinajstić information content (AvgIpc) is 2.59. The molecule has 0 radical (unpaired) electrons. The molecule has 5 heteroatoms. The van der Waals surface area contributed by atoms with Gasteiger partial charge in [-0.1, -0.05) is 0 Å². The number of phenolic OH excluding ortho intramolecular Hbond substituents is 1. The number of phenols is 1. The Hall–Kier alpha value is -2.17. The standard InChI is InChI=1S/C11H11NO4/c1-16-10-3-7-6(2-11(14)15)5-12-8(7)4-9(10)13/h3-5,12-13H,2H2,1H3,(H,14,15). The zero-order valence-electron chi connectivity index (χ0n) is 8.65. The van der Waals surface area contributed by atoms with Gasteiger partial charge in [-0.25, -0.2) is 0 Å². The summed E-state index contributed by atoms with van der Waals surface area (Å²) in [4.78, 5) is 13.5. The van der Waals surface area contributed by atoms with Crippen molar-refractivity contribution >= 4 is 16.9 Å². The third-order valence-corrected chi connectivity index (χ3v) is 2.41. The van der Waals surface area contributed by atoms with Crippen molar-refractivity contribution in [3.05, 3.63) is 23.9 Å². The predicted molar refractivity (Wildman–Crippen MR) is 57.9 cm³/mol. The van der Waals surface area contributed by atoms with Crippen LogP contribution in [0.2, 0.25) is 0 Å². The van der Waals surface area contributed by atoms with Crippen LogP contribution in [0.15, 0.2) is 18.3 Å². The largest absolute Gasteiger partial charge is 0.504 e. The molecule has 0 aliphatic carbocycles. The summed E-state index contributed by atoms with van der Waals surface area (Å²) in [7, 11) is 1.45. The summed E-state index contributed by atoms with van der Waals surface area (Å²) in [5.41, 5.74) is 1.36. The second-order valence-corrected chi connectivity index (χ2v) is 3.45. The lowest BCUT2D eigenvalue weighted by Gasteiger charge is -2.03. The van der Waals surface area contributed by atoms with Crippen LogP contribution in [0, 0.1) is 0 Å². The van der Waals surface area contributed by atoms with E-state index in [9.17, 15) is 9.90 Å². The van der Waals surface area contributed by atoms with Crippen molar-refractivity contribution in [1.82, 2.24) is 4.98 Å². The van der Waals surface area contributed by atoms with Crippen LogP contribution in [0.4, 0.5) is 0 Å². The average molecular weight is 221 g/mol. The van der Waals surface area contributed by atoms with Gasteiger partial charge in [-0.3, -0.25) is 4.79 Å². The van der Waals surface area contributed by atoms with Gasteiger partial charge in [-0.15, -0.1) is 0 Å². The molecule has 0 fully saturated rings. The topological polar surface area (TPSA) is 82.5 Å². The molecule has 0 spiro atoms. The number of ether oxygens (including phenoxy) is 1. The molecule has 0 bridgehead atoms. The molecule has 0 aliphatic heterocycles. The molecule has 5 nitrogen and oxygen atoms in total. The van der Waals surface area contributed by atoms with Gasteiger partial charge in [0.05, 0.1) is 13.5 Å². The summed E-state index contributed by atoms with van der Waals surface area (Å²) in [6, 6.07) is 3.14. The van der Waals surface area contributed by atoms with Crippen molar-refractivity contribution in [3.63, 3.8) is 0 Å². The van der Waals surface area contributed by atoms with Crippen LogP contribution >= 0.6 is 0 Å². The molecule has 0 atom stereocenters. The summed E-state index contributed by atoms with van der Waals surface area (Å²) < 4.78 is 4.97. The summed E-state index contributed by atoms with van der Waals surface area (Å²) >= 11 is 0. The molecule has 2 rings (SSSR count). The van der Waals surface area contributed by atoms with Crippen LogP contribution in [-0.4, -0.2) is 28.3 Å². The van der Waals surface area contributed by atoms with Crippen LogP contribution in [0.3, 0.4) is 0 Å². The fraction of sp³-hybridized carbons (Fsp3) is 0.182. The maximum atomic E-state index is 10.6. The van der Waals surface area contributed by atoms with E-state index >= 15 is 0 Å². The summed E-state index contributed by atoms with van der Waals surface area (Å²) in [5.74, 6) is -0.537. The summed E-state index contributed by atoms with van der Waals surface area (Å²) in [6.45, 7) is 0. The Kier molecular flexibility index (Phi) is 2.44. The number of methoxy groups -OCH3 is 1. The van der Waals surface area contributed by atoms with E-state index in [1.54, 1.807) is 12.3 Å². The highest BCUT2D eigenvalue weighted by atomic mass is 16.5. The number of rotatable bonds is 3. The molecule has 1 aromatic heterocycles. The highest BCUT2D eigenvalue weighted by molar-refractivity contribution is 5.89. The maximum absolute atomic E-state index is 10.6. The molecule has 0 aliphatic rings. The first-order valence-corrected chi connectivity index (χ1v) is 4.70. The van der Waals surface area contributed by atoms with E-state index in [4.69, 9.17) is 9.84 Å². The van der Waals surface area contributed by atoms with E-state index in [1.807, 2.05) is 0 Å². The highest BCUT2D eigenvalue weighted by Crippen LogP contribution is 2.32. The number of carboxylic acids is 1. The Morgan fingerprint density at radius 3 is 2.88 bits per heavy atom. The molecular weight excluding hydrogens is 210 g/mol. The minimum Gasteiger partial charge on any atom is -0.504 e. The molecule has 84 valence electrons. The smallest absolute Gasteiger partial charge is 0.307 e. The number of nitrogens with one attached hydrogen (secondary N) is 1. The van der Waals surface area contributed by atoms with Crippen molar-refractivity contribution in [2.24, 2.45) is 0 Å². The normalized spacial score (nSPS) is 10.6. The number of H-pyrrole nitrogens is 1. The van der Waals surface area contributed by atoms with Crippen molar-refractivity contribution in [1.29, 1.82) is 0 Å². The Morgan fingerprint density at radius 1 is 1.50 bits per heavy atom. The van der Waals surface area contributed by atoms with E-state index in [-0.39, 0.29) is 12.2 Å². The van der Waals surface area contributed by atoms with Crippen LogP contribution in [0.5, 0.6) is 11.5 Å². The van der Waals surface area contributed by atoms with E-state index in [0.29, 0.717) is 16.8 Å². The van der Waals surface area contributed by atoms with Crippen molar-refractivity contribution in [3.8, 4) is 11.5 Å². The van der Waals surface area contributed by atoms with Crippen molar-refractivity contribution in [2.75, 3.05) is 7.11 Å². The van der Waals surface area contributed by atoms with E-state index in [2.05, 4.69) is 4.98 Å². The molecule has 16 heavy (non-hydrogen) atoms. The van der Waals surface area contributed by atoms with Gasteiger partial charge >= 0.3 is 5.97 Å². The van der Waals surface area contributed by atoms with Gasteiger partial charge < -0.3 is 19.9 Å². The van der Waals surface area contributed by atoms with Crippen LogP contribution in [-0.2, 0) is 11.2 Å². The number of benzene rings is 1. The first-order chi connectivity index (χ1) is 7.61. The number of hydrogen-bond acceptors (Lipinski definition) is 3. The maximum Gasteiger partial charge on any atom is 0.307 e. The fourth-order valence-corrected chi connectivity index (χ4v) is 1.67. The Balaban J connectivity index is 2.57. The number of aromatic amines is 1. The van der Waals surface area contributed by atoms with E-state index in [0.717, 1.165) is 5.39 Å². The first-order valence-electron chi connectivity index (χ1n) is 4.70. The summed E-state index contributed by atoms with van der Waals surface area (Å²) in [6.07, 6.45) is 1.56. The lowest BCUT2D eigenvalue weighted by atomic mass is 10.1. The van der Waals surface area contributed by atoms with Crippen LogP contribution in [0.1, 0.15) is 5.56 Å². The quantitative estimate of drug-likeness (QED) is 0.733. The molecule has 0 saturated heterocycles. The minimum atomic E-state index is -0.895. The van der Waals surface area contributed by atoms with Crippen LogP contribution < -0.4 is 4.74 Å². The number of hydrogen-bond donors (Lipinski definition) is 3. The number of carboxylic acid groups (broad SMARTS) is 1. The molecule has 0 unspecified atom stereocenters. The van der Waals surface area contributed by atoms with Crippen molar-refractivity contribution in [2.45, 2.75) is 6.42 Å². The van der Waals surface area contributed by atoms with Gasteiger partial charge in [-0.2, -0.15) is 0 Å². The van der Waals surface area contributed by atoms with Gasteiger partial charge in [-0.05, 0) is 11.6 Å². The third-order valence-electron chi connectivity index (χ3n) is 2.41. The Morgan fingerprint density at radius 2 is 2.25 bits per heavy atom. The molecular formula is C11H11NO4. The second-order valence-electron chi connectivity index (χ2n) is 3.45. The van der Waals surface area contributed by atoms with E-state index in [1.165, 1.54) is 13.2 Å². The predicted octanol–water partition coefficient (Wildman–Crippen LogP) is 1.51. The van der Waals surface area contributed by atoms with Crippen molar-refractivity contribution < 1.29 is 19.7 Å². The van der Waals surface area contributed by atoms with Crippen LogP contribution in [0.25, 0.3) is 10.9 Å². The second kappa shape index (κ2) is 3.77. The zero-order valence-corrected chi connectivity index (χ0v) is 8.65. The molecule has 1 heterocycles. The monoisotopic (exact) mass is 221 g/mol. The minimum absolute atomic E-state index is 0.0266. The number of carbonyl (C=O) groups is 1. The number of aromatic hydroxyl groups is 1. The van der Waals surface area contributed by atoms with Gasteiger partial charge in [0.25, 0.3) is 0 Å². The first kappa shape index (κ1) is 10.4. The number of aliphatic carboxylic acids is 1.